The molecule has 8 nitrogen and oxygen atoms in total. The molecule has 0 amide bonds. The Morgan fingerprint density at radius 3 is 1.50 bits per heavy atom. The van der Waals surface area contributed by atoms with Crippen molar-refractivity contribution >= 4 is 13.8 Å². The van der Waals surface area contributed by atoms with Crippen LogP contribution in [0.1, 0.15) is 187 Å². The summed E-state index contributed by atoms with van der Waals surface area (Å²) in [5.74, 6) is -0.352. The van der Waals surface area contributed by atoms with Crippen LogP contribution in [0.2, 0.25) is 0 Å². The normalized spacial score (nSPS) is 14.2. The monoisotopic (exact) mass is 836 g/mol. The van der Waals surface area contributed by atoms with Gasteiger partial charge in [-0.3, -0.25) is 9.36 Å². The highest BCUT2D eigenvalue weighted by atomic mass is 31.2. The zero-order valence-electron chi connectivity index (χ0n) is 38.2. The number of likely N-dealkylation sites (N-methyl/N-ethyl adjacent to an activating group) is 1. The molecule has 0 aromatic rings. The summed E-state index contributed by atoms with van der Waals surface area (Å²) in [6, 6.07) is 0. The molecular formula is C49H90NO7P. The van der Waals surface area contributed by atoms with Gasteiger partial charge >= 0.3 is 5.97 Å². The topological polar surface area (TPSA) is 94.1 Å². The number of unbranched alkanes of at least 4 members (excludes halogenated alkanes) is 19. The lowest BCUT2D eigenvalue weighted by atomic mass is 10.0. The summed E-state index contributed by atoms with van der Waals surface area (Å²) in [5.41, 5.74) is 0. The van der Waals surface area contributed by atoms with Gasteiger partial charge in [0.05, 0.1) is 34.4 Å². The van der Waals surface area contributed by atoms with Crippen molar-refractivity contribution in [3.8, 4) is 0 Å². The quantitative estimate of drug-likeness (QED) is 0.0198. The summed E-state index contributed by atoms with van der Waals surface area (Å²) in [7, 11) is 1.34. The smallest absolute Gasteiger partial charge is 0.306 e. The van der Waals surface area contributed by atoms with Crippen LogP contribution in [0.25, 0.3) is 0 Å². The van der Waals surface area contributed by atoms with E-state index in [2.05, 4.69) is 74.6 Å². The molecular weight excluding hydrogens is 746 g/mol. The van der Waals surface area contributed by atoms with Crippen LogP contribution < -0.4 is 4.89 Å². The third-order valence-electron chi connectivity index (χ3n) is 9.83. The lowest BCUT2D eigenvalue weighted by molar-refractivity contribution is -0.870. The summed E-state index contributed by atoms with van der Waals surface area (Å²) in [6.45, 7) is 5.28. The fourth-order valence-electron chi connectivity index (χ4n) is 6.22. The molecule has 0 fully saturated rings. The van der Waals surface area contributed by atoms with Crippen LogP contribution in [0.3, 0.4) is 0 Å². The molecule has 0 N–H and O–H groups in total. The van der Waals surface area contributed by atoms with Crippen molar-refractivity contribution in [1.82, 2.24) is 0 Å². The SMILES string of the molecule is CC/C=C\C/C=C\C/C=C\C/C=C\C/C=C\CCCCCCCC(=O)OC(COCCCCCCCCCCCCCCCCC)COP(=O)([O-])OCC[N+](C)(C)C. The van der Waals surface area contributed by atoms with Crippen molar-refractivity contribution in [2.24, 2.45) is 0 Å². The van der Waals surface area contributed by atoms with E-state index < -0.39 is 13.9 Å². The minimum Gasteiger partial charge on any atom is -0.756 e. The summed E-state index contributed by atoms with van der Waals surface area (Å²) >= 11 is 0. The van der Waals surface area contributed by atoms with E-state index in [1.807, 2.05) is 21.1 Å². The molecule has 0 aromatic heterocycles. The number of phosphoric acid groups is 1. The van der Waals surface area contributed by atoms with Crippen molar-refractivity contribution in [3.05, 3.63) is 60.8 Å². The summed E-state index contributed by atoms with van der Waals surface area (Å²) in [6.07, 6.45) is 52.3. The third kappa shape index (κ3) is 45.3. The number of carbonyl (C=O) groups is 1. The highest BCUT2D eigenvalue weighted by Crippen LogP contribution is 2.38. The Balaban J connectivity index is 4.24. The predicted molar refractivity (Wildman–Crippen MR) is 245 cm³/mol. The van der Waals surface area contributed by atoms with Crippen molar-refractivity contribution in [3.63, 3.8) is 0 Å². The van der Waals surface area contributed by atoms with Gasteiger partial charge in [-0.25, -0.2) is 0 Å². The lowest BCUT2D eigenvalue weighted by Crippen LogP contribution is -2.37. The maximum Gasteiger partial charge on any atom is 0.306 e. The Labute approximate surface area is 358 Å². The Hall–Kier alpha value is -1.80. The van der Waals surface area contributed by atoms with Crippen LogP contribution in [0.4, 0.5) is 0 Å². The standard InChI is InChI=1S/C49H90NO7P/c1-6-8-10-12-14-16-18-20-22-23-24-25-26-27-28-30-32-34-36-38-40-42-49(51)57-48(47-56-58(52,53)55-45-43-50(3,4)5)46-54-44-41-39-37-35-33-31-29-21-19-17-15-13-11-9-7-2/h8,10,14,16,20,22,24-25,27-28,48H,6-7,9,11-13,15,17-19,21,23,26,29-47H2,1-5H3/b10-8-,16-14-,22-20-,25-24-,28-27-. The van der Waals surface area contributed by atoms with Gasteiger partial charge in [0.2, 0.25) is 0 Å². The molecule has 0 saturated carbocycles. The second-order valence-electron chi connectivity index (χ2n) is 16.7. The molecule has 0 aliphatic heterocycles. The van der Waals surface area contributed by atoms with Gasteiger partial charge in [0, 0.05) is 13.0 Å². The Bertz CT molecular complexity index is 1110. The molecule has 0 spiro atoms. The van der Waals surface area contributed by atoms with Crippen molar-refractivity contribution in [1.29, 1.82) is 0 Å². The first-order valence-corrected chi connectivity index (χ1v) is 25.0. The second kappa shape index (κ2) is 41.9. The van der Waals surface area contributed by atoms with Gasteiger partial charge in [0.1, 0.15) is 19.3 Å². The predicted octanol–water partition coefficient (Wildman–Crippen LogP) is 13.5. The Morgan fingerprint density at radius 2 is 1.00 bits per heavy atom. The molecule has 338 valence electrons. The number of hydrogen-bond acceptors (Lipinski definition) is 7. The van der Waals surface area contributed by atoms with Crippen LogP contribution in [0.5, 0.6) is 0 Å². The number of carbonyl (C=O) groups excluding carboxylic acids is 1. The van der Waals surface area contributed by atoms with E-state index in [9.17, 15) is 14.3 Å². The van der Waals surface area contributed by atoms with Crippen molar-refractivity contribution in [2.45, 2.75) is 193 Å². The first-order chi connectivity index (χ1) is 28.1. The molecule has 0 radical (unpaired) electrons. The van der Waals surface area contributed by atoms with Gasteiger partial charge < -0.3 is 27.9 Å². The van der Waals surface area contributed by atoms with Gasteiger partial charge in [0.15, 0.2) is 0 Å². The Morgan fingerprint density at radius 1 is 0.552 bits per heavy atom. The van der Waals surface area contributed by atoms with Crippen LogP contribution in [0.15, 0.2) is 60.8 Å². The number of rotatable bonds is 43. The molecule has 0 aliphatic rings. The molecule has 58 heavy (non-hydrogen) atoms. The number of quaternary nitrogens is 1. The average Bonchev–Trinajstić information content (AvgIpc) is 3.18. The minimum absolute atomic E-state index is 0.0206. The van der Waals surface area contributed by atoms with Gasteiger partial charge in [-0.15, -0.1) is 0 Å². The maximum absolute atomic E-state index is 12.7. The number of esters is 1. The number of nitrogens with zero attached hydrogens (tertiary/aromatic N) is 1. The zero-order chi connectivity index (χ0) is 42.7. The van der Waals surface area contributed by atoms with E-state index >= 15 is 0 Å². The molecule has 2 atom stereocenters. The fourth-order valence-corrected chi connectivity index (χ4v) is 6.95. The fraction of sp³-hybridized carbons (Fsp3) is 0.776. The van der Waals surface area contributed by atoms with Gasteiger partial charge in [0.25, 0.3) is 7.82 Å². The number of phosphoric ester groups is 1. The molecule has 0 heterocycles. The molecule has 0 aliphatic carbocycles. The molecule has 0 rings (SSSR count). The number of hydrogen-bond donors (Lipinski definition) is 0. The second-order valence-corrected chi connectivity index (χ2v) is 18.2. The van der Waals surface area contributed by atoms with E-state index in [4.69, 9.17) is 18.5 Å². The zero-order valence-corrected chi connectivity index (χ0v) is 39.1. The van der Waals surface area contributed by atoms with Crippen LogP contribution >= 0.6 is 7.82 Å². The van der Waals surface area contributed by atoms with Crippen molar-refractivity contribution in [2.75, 3.05) is 54.1 Å². The minimum atomic E-state index is -4.53. The summed E-state index contributed by atoms with van der Waals surface area (Å²) in [4.78, 5) is 25.1. The summed E-state index contributed by atoms with van der Waals surface area (Å²) < 4.78 is 34.6. The highest BCUT2D eigenvalue weighted by molar-refractivity contribution is 7.45. The largest absolute Gasteiger partial charge is 0.756 e. The lowest BCUT2D eigenvalue weighted by Gasteiger charge is -2.28. The first-order valence-electron chi connectivity index (χ1n) is 23.5. The third-order valence-corrected chi connectivity index (χ3v) is 10.8. The van der Waals surface area contributed by atoms with E-state index in [1.165, 1.54) is 83.5 Å². The first kappa shape index (κ1) is 56.2. The number of ether oxygens (including phenoxy) is 2. The van der Waals surface area contributed by atoms with Crippen molar-refractivity contribution < 1.29 is 37.3 Å². The van der Waals surface area contributed by atoms with E-state index in [0.717, 1.165) is 83.5 Å². The molecule has 2 unspecified atom stereocenters. The van der Waals surface area contributed by atoms with Crippen LogP contribution in [-0.2, 0) is 27.9 Å². The average molecular weight is 836 g/mol. The van der Waals surface area contributed by atoms with E-state index in [-0.39, 0.29) is 25.8 Å². The summed E-state index contributed by atoms with van der Waals surface area (Å²) in [5, 5.41) is 0. The van der Waals surface area contributed by atoms with E-state index in [1.54, 1.807) is 0 Å². The molecule has 9 heteroatoms. The Kier molecular flexibility index (Phi) is 40.6. The van der Waals surface area contributed by atoms with Crippen LogP contribution in [0, 0.1) is 0 Å². The van der Waals surface area contributed by atoms with Gasteiger partial charge in [-0.1, -0.05) is 184 Å². The molecule has 0 aromatic carbocycles. The van der Waals surface area contributed by atoms with E-state index in [0.29, 0.717) is 24.1 Å². The maximum atomic E-state index is 12.7. The van der Waals surface area contributed by atoms with Crippen LogP contribution in [-0.4, -0.2) is 70.7 Å². The molecule has 0 saturated heterocycles. The highest BCUT2D eigenvalue weighted by Gasteiger charge is 2.20. The molecule has 0 bridgehead atoms. The van der Waals surface area contributed by atoms with Gasteiger partial charge in [-0.05, 0) is 57.8 Å². The number of allylic oxidation sites excluding steroid dienone is 10. The van der Waals surface area contributed by atoms with Gasteiger partial charge in [-0.2, -0.15) is 0 Å².